The van der Waals surface area contributed by atoms with Crippen LogP contribution in [0.3, 0.4) is 0 Å². The van der Waals surface area contributed by atoms with Crippen LogP contribution in [0.25, 0.3) is 0 Å². The van der Waals surface area contributed by atoms with Gasteiger partial charge in [0.2, 0.25) is 5.91 Å². The van der Waals surface area contributed by atoms with E-state index in [0.29, 0.717) is 6.42 Å². The molecule has 0 aliphatic carbocycles. The molecule has 0 bridgehead atoms. The van der Waals surface area contributed by atoms with Gasteiger partial charge in [0.05, 0.1) is 13.2 Å². The molecule has 2 atom stereocenters. The summed E-state index contributed by atoms with van der Waals surface area (Å²) >= 11 is 0. The molecule has 3 N–H and O–H groups in total. The second-order valence-electron chi connectivity index (χ2n) is 14.0. The van der Waals surface area contributed by atoms with Crippen molar-refractivity contribution in [1.82, 2.24) is 5.32 Å². The van der Waals surface area contributed by atoms with Crippen LogP contribution in [0, 0.1) is 0 Å². The Morgan fingerprint density at radius 3 is 1.58 bits per heavy atom. The number of nitrogens with one attached hydrogen (secondary N) is 1. The largest absolute Gasteiger partial charge is 0.472 e. The van der Waals surface area contributed by atoms with Crippen LogP contribution in [-0.4, -0.2) is 54.3 Å². The van der Waals surface area contributed by atoms with Crippen molar-refractivity contribution in [1.29, 1.82) is 0 Å². The maximum atomic E-state index is 12.1. The molecule has 1 amide bonds. The summed E-state index contributed by atoms with van der Waals surface area (Å²) < 4.78 is 26.8. The highest BCUT2D eigenvalue weighted by molar-refractivity contribution is 7.47. The molecule has 0 heterocycles. The minimum Gasteiger partial charge on any atom is -0.463 e. The van der Waals surface area contributed by atoms with E-state index in [1.807, 2.05) is 0 Å². The van der Waals surface area contributed by atoms with E-state index < -0.39 is 26.5 Å². The molecule has 308 valence electrons. The van der Waals surface area contributed by atoms with Crippen molar-refractivity contribution in [2.24, 2.45) is 0 Å². The molecule has 0 fully saturated rings. The van der Waals surface area contributed by atoms with E-state index in [1.165, 1.54) is 77.0 Å². The van der Waals surface area contributed by atoms with E-state index in [2.05, 4.69) is 67.8 Å². The topological polar surface area (TPSA) is 131 Å². The van der Waals surface area contributed by atoms with Crippen LogP contribution in [0.15, 0.2) is 48.6 Å². The normalized spacial score (nSPS) is 13.8. The van der Waals surface area contributed by atoms with Crippen LogP contribution in [0.5, 0.6) is 0 Å². The minimum atomic E-state index is -4.42. The molecule has 0 aliphatic heterocycles. The average Bonchev–Trinajstić information content (AvgIpc) is 3.14. The van der Waals surface area contributed by atoms with Gasteiger partial charge in [-0.1, -0.05) is 146 Å². The first kappa shape index (κ1) is 51.0. The van der Waals surface area contributed by atoms with Crippen molar-refractivity contribution in [3.63, 3.8) is 0 Å². The number of aliphatic hydroxyl groups is 1. The maximum Gasteiger partial charge on any atom is 0.472 e. The monoisotopic (exact) mass is 768 g/mol. The van der Waals surface area contributed by atoms with Gasteiger partial charge in [-0.05, 0) is 70.6 Å². The average molecular weight is 768 g/mol. The van der Waals surface area contributed by atoms with Gasteiger partial charge in [-0.15, -0.1) is 0 Å². The van der Waals surface area contributed by atoms with E-state index in [9.17, 15) is 24.2 Å². The van der Waals surface area contributed by atoms with Crippen molar-refractivity contribution in [3.05, 3.63) is 48.6 Å². The predicted octanol–water partition coefficient (Wildman–Crippen LogP) is 11.5. The van der Waals surface area contributed by atoms with Crippen LogP contribution in [0.2, 0.25) is 0 Å². The number of unbranched alkanes of at least 4 members (excludes halogenated alkanes) is 18. The second-order valence-corrected chi connectivity index (χ2v) is 15.4. The van der Waals surface area contributed by atoms with E-state index in [4.69, 9.17) is 13.8 Å². The molecule has 0 saturated carbocycles. The number of amides is 1. The Morgan fingerprint density at radius 1 is 0.585 bits per heavy atom. The number of esters is 1. The fraction of sp³-hybridized carbons (Fsp3) is 0.767. The van der Waals surface area contributed by atoms with Crippen LogP contribution < -0.4 is 5.32 Å². The molecule has 0 rings (SSSR count). The van der Waals surface area contributed by atoms with Gasteiger partial charge in [0.1, 0.15) is 12.7 Å². The van der Waals surface area contributed by atoms with Gasteiger partial charge in [0.25, 0.3) is 0 Å². The second kappa shape index (κ2) is 39.7. The van der Waals surface area contributed by atoms with Crippen LogP contribution in [-0.2, 0) is 27.9 Å². The number of phosphoric acid groups is 1. The summed E-state index contributed by atoms with van der Waals surface area (Å²) in [5, 5.41) is 12.7. The zero-order valence-electron chi connectivity index (χ0n) is 33.7. The number of carbonyl (C=O) groups excluding carboxylic acids is 2. The molecule has 10 heteroatoms. The Balaban J connectivity index is 3.62. The number of hydrogen-bond donors (Lipinski definition) is 3. The van der Waals surface area contributed by atoms with Crippen LogP contribution in [0.4, 0.5) is 0 Å². The fourth-order valence-electron chi connectivity index (χ4n) is 5.51. The summed E-state index contributed by atoms with van der Waals surface area (Å²) in [7, 11) is -4.42. The van der Waals surface area contributed by atoms with Gasteiger partial charge in [0, 0.05) is 19.4 Å². The van der Waals surface area contributed by atoms with E-state index in [-0.39, 0.29) is 32.1 Å². The number of aliphatic hydroxyl groups excluding tert-OH is 1. The number of hydrogen-bond acceptors (Lipinski definition) is 7. The number of ether oxygens (including phenoxy) is 1. The van der Waals surface area contributed by atoms with Gasteiger partial charge in [0.15, 0.2) is 0 Å². The van der Waals surface area contributed by atoms with Crippen molar-refractivity contribution in [3.8, 4) is 0 Å². The fourth-order valence-corrected chi connectivity index (χ4v) is 6.26. The van der Waals surface area contributed by atoms with Crippen LogP contribution >= 0.6 is 7.82 Å². The lowest BCUT2D eigenvalue weighted by molar-refractivity contribution is -0.147. The van der Waals surface area contributed by atoms with Gasteiger partial charge < -0.3 is 20.1 Å². The zero-order valence-corrected chi connectivity index (χ0v) is 34.6. The van der Waals surface area contributed by atoms with Gasteiger partial charge in [-0.3, -0.25) is 18.6 Å². The van der Waals surface area contributed by atoms with Crippen molar-refractivity contribution < 1.29 is 37.9 Å². The quantitative estimate of drug-likeness (QED) is 0.0244. The Labute approximate surface area is 324 Å². The number of allylic oxidation sites excluding steroid dienone is 8. The molecule has 9 nitrogen and oxygen atoms in total. The SMILES string of the molecule is CCC/C=C\C/C=C\CCCCCCCC(=O)NCCOP(=O)(O)OCC(O)COC(=O)CCCCCCCCCCC/C=C\C/C=C\CCCCC. The van der Waals surface area contributed by atoms with Crippen molar-refractivity contribution >= 4 is 19.7 Å². The first-order chi connectivity index (χ1) is 25.8. The number of rotatable bonds is 39. The lowest BCUT2D eigenvalue weighted by atomic mass is 10.1. The molecule has 53 heavy (non-hydrogen) atoms. The third kappa shape index (κ3) is 41.0. The molecule has 0 aromatic rings. The first-order valence-electron chi connectivity index (χ1n) is 21.1. The van der Waals surface area contributed by atoms with E-state index in [0.717, 1.165) is 77.0 Å². The highest BCUT2D eigenvalue weighted by atomic mass is 31.2. The van der Waals surface area contributed by atoms with E-state index in [1.54, 1.807) is 0 Å². The predicted molar refractivity (Wildman–Crippen MR) is 220 cm³/mol. The molecule has 0 aliphatic rings. The Morgan fingerprint density at radius 2 is 1.06 bits per heavy atom. The number of phosphoric ester groups is 1. The third-order valence-electron chi connectivity index (χ3n) is 8.71. The maximum absolute atomic E-state index is 12.1. The van der Waals surface area contributed by atoms with Crippen molar-refractivity contribution in [2.45, 2.75) is 187 Å². The van der Waals surface area contributed by atoms with Crippen molar-refractivity contribution in [2.75, 3.05) is 26.4 Å². The minimum absolute atomic E-state index is 0.0722. The highest BCUT2D eigenvalue weighted by Gasteiger charge is 2.23. The standard InChI is InChI=1S/C43H78NO8P/c1-3-5-7-9-11-13-15-17-18-19-20-21-22-24-26-28-30-32-34-36-43(47)50-39-41(45)40-52-53(48,49)51-38-37-44-42(46)35-33-31-29-27-25-23-16-14-12-10-8-6-4-2/h8,10-11,13-14,16-18,41,45H,3-7,9,12,15,19-40H2,1-2H3,(H,44,46)(H,48,49)/b10-8-,13-11-,16-14-,18-17-. The summed E-state index contributed by atoms with van der Waals surface area (Å²) in [6.45, 7) is 3.44. The summed E-state index contributed by atoms with van der Waals surface area (Å²) in [5.74, 6) is -0.537. The molecule has 0 spiro atoms. The lowest BCUT2D eigenvalue weighted by Crippen LogP contribution is -2.27. The molecule has 2 unspecified atom stereocenters. The molecule has 0 saturated heterocycles. The summed E-state index contributed by atoms with van der Waals surface area (Å²) in [5.41, 5.74) is 0. The zero-order chi connectivity index (χ0) is 38.9. The Kier molecular flexibility index (Phi) is 38.1. The summed E-state index contributed by atoms with van der Waals surface area (Å²) in [6, 6.07) is 0. The Hall–Kier alpha value is -2.03. The molecule has 0 radical (unpaired) electrons. The van der Waals surface area contributed by atoms with E-state index >= 15 is 0 Å². The molecular formula is C43H78NO8P. The third-order valence-corrected chi connectivity index (χ3v) is 9.70. The highest BCUT2D eigenvalue weighted by Crippen LogP contribution is 2.42. The molecule has 0 aromatic carbocycles. The van der Waals surface area contributed by atoms with Gasteiger partial charge in [-0.25, -0.2) is 4.57 Å². The van der Waals surface area contributed by atoms with Gasteiger partial charge in [-0.2, -0.15) is 0 Å². The van der Waals surface area contributed by atoms with Crippen LogP contribution in [0.1, 0.15) is 181 Å². The van der Waals surface area contributed by atoms with Gasteiger partial charge >= 0.3 is 13.8 Å². The number of carbonyl (C=O) groups is 2. The smallest absolute Gasteiger partial charge is 0.463 e. The molecular weight excluding hydrogens is 689 g/mol. The first-order valence-corrected chi connectivity index (χ1v) is 22.6. The summed E-state index contributed by atoms with van der Waals surface area (Å²) in [6.07, 6.45) is 44.6. The lowest BCUT2D eigenvalue weighted by Gasteiger charge is -2.15. The summed E-state index contributed by atoms with van der Waals surface area (Å²) in [4.78, 5) is 33.8. The Bertz CT molecular complexity index is 1010. The molecule has 0 aromatic heterocycles.